The van der Waals surface area contributed by atoms with Crippen LogP contribution in [0.4, 0.5) is 14.5 Å². The monoisotopic (exact) mass is 293 g/mol. The Balaban J connectivity index is 3.22. The van der Waals surface area contributed by atoms with Crippen molar-refractivity contribution in [1.29, 1.82) is 0 Å². The molecule has 4 N–H and O–H groups in total. The quantitative estimate of drug-likeness (QED) is 0.321. The maximum atomic E-state index is 12.5. The van der Waals surface area contributed by atoms with E-state index in [0.29, 0.717) is 5.02 Å². The number of hydrogen-bond acceptors (Lipinski definition) is 4. The number of alkyl halides is 2. The number of anilines is 1. The molecule has 0 atom stereocenters. The standard InChI is InChI=1S/C11H14ClF2N3O2/c12-7-1-2-8(11(15)16-19)9(5-7)17(3-4-18)6-10(13)14/h1-2,5,10,18-19H,3-4,6H2,(H2,15,16). The van der Waals surface area contributed by atoms with Crippen molar-refractivity contribution in [3.05, 3.63) is 28.8 Å². The summed E-state index contributed by atoms with van der Waals surface area (Å²) in [7, 11) is 0. The van der Waals surface area contributed by atoms with Crippen LogP contribution < -0.4 is 10.6 Å². The molecule has 0 fully saturated rings. The highest BCUT2D eigenvalue weighted by molar-refractivity contribution is 6.31. The van der Waals surface area contributed by atoms with E-state index in [4.69, 9.17) is 27.6 Å². The Bertz CT molecular complexity index is 458. The number of aliphatic hydroxyl groups is 1. The van der Waals surface area contributed by atoms with Gasteiger partial charge in [0.15, 0.2) is 5.84 Å². The third kappa shape index (κ3) is 4.22. The maximum Gasteiger partial charge on any atom is 0.255 e. The lowest BCUT2D eigenvalue weighted by atomic mass is 10.1. The molecule has 106 valence electrons. The Kier molecular flexibility index (Phi) is 5.78. The summed E-state index contributed by atoms with van der Waals surface area (Å²) in [6.07, 6.45) is -2.59. The molecule has 0 spiro atoms. The second-order valence-electron chi connectivity index (χ2n) is 3.71. The molecule has 0 aliphatic carbocycles. The van der Waals surface area contributed by atoms with Crippen LogP contribution in [-0.2, 0) is 0 Å². The maximum absolute atomic E-state index is 12.5. The molecule has 8 heteroatoms. The Hall–Kier alpha value is -1.60. The van der Waals surface area contributed by atoms with Crippen molar-refractivity contribution in [2.75, 3.05) is 24.6 Å². The Morgan fingerprint density at radius 2 is 2.16 bits per heavy atom. The van der Waals surface area contributed by atoms with E-state index in [0.717, 1.165) is 0 Å². The average Bonchev–Trinajstić information content (AvgIpc) is 2.36. The van der Waals surface area contributed by atoms with Crippen molar-refractivity contribution in [1.82, 2.24) is 0 Å². The Morgan fingerprint density at radius 3 is 2.68 bits per heavy atom. The van der Waals surface area contributed by atoms with E-state index in [2.05, 4.69) is 5.16 Å². The van der Waals surface area contributed by atoms with Crippen LogP contribution in [0.15, 0.2) is 23.4 Å². The minimum atomic E-state index is -2.59. The fourth-order valence-electron chi connectivity index (χ4n) is 1.63. The molecule has 0 heterocycles. The molecule has 0 aliphatic rings. The van der Waals surface area contributed by atoms with E-state index in [9.17, 15) is 8.78 Å². The average molecular weight is 294 g/mol. The van der Waals surface area contributed by atoms with Crippen LogP contribution in [-0.4, -0.2) is 42.3 Å². The smallest absolute Gasteiger partial charge is 0.255 e. The zero-order chi connectivity index (χ0) is 14.4. The van der Waals surface area contributed by atoms with Crippen LogP contribution in [0, 0.1) is 0 Å². The van der Waals surface area contributed by atoms with E-state index in [-0.39, 0.29) is 30.2 Å². The van der Waals surface area contributed by atoms with Gasteiger partial charge in [0, 0.05) is 22.8 Å². The third-order valence-electron chi connectivity index (χ3n) is 2.41. The number of aliphatic hydroxyl groups excluding tert-OH is 1. The molecule has 0 aromatic heterocycles. The highest BCUT2D eigenvalue weighted by Crippen LogP contribution is 2.25. The second kappa shape index (κ2) is 7.10. The zero-order valence-corrected chi connectivity index (χ0v) is 10.7. The Labute approximate surface area is 113 Å². The number of nitrogens with two attached hydrogens (primary N) is 1. The van der Waals surface area contributed by atoms with Crippen molar-refractivity contribution in [3.8, 4) is 0 Å². The molecule has 19 heavy (non-hydrogen) atoms. The minimum absolute atomic E-state index is 0.0175. The van der Waals surface area contributed by atoms with Gasteiger partial charge < -0.3 is 20.9 Å². The lowest BCUT2D eigenvalue weighted by Crippen LogP contribution is -2.33. The summed E-state index contributed by atoms with van der Waals surface area (Å²) in [5.74, 6) is -0.219. The van der Waals surface area contributed by atoms with Crippen LogP contribution in [0.3, 0.4) is 0 Å². The number of rotatable bonds is 6. The summed E-state index contributed by atoms with van der Waals surface area (Å²) >= 11 is 5.83. The van der Waals surface area contributed by atoms with Crippen molar-refractivity contribution >= 4 is 23.1 Å². The van der Waals surface area contributed by atoms with Crippen LogP contribution in [0.2, 0.25) is 5.02 Å². The molecule has 0 bridgehead atoms. The van der Waals surface area contributed by atoms with Crippen molar-refractivity contribution in [3.63, 3.8) is 0 Å². The van der Waals surface area contributed by atoms with Gasteiger partial charge in [-0.3, -0.25) is 0 Å². The van der Waals surface area contributed by atoms with Crippen molar-refractivity contribution in [2.45, 2.75) is 6.43 Å². The summed E-state index contributed by atoms with van der Waals surface area (Å²) in [6.45, 7) is -0.919. The van der Waals surface area contributed by atoms with Gasteiger partial charge in [0.25, 0.3) is 6.43 Å². The van der Waals surface area contributed by atoms with Gasteiger partial charge >= 0.3 is 0 Å². The summed E-state index contributed by atoms with van der Waals surface area (Å²) in [6, 6.07) is 4.38. The first-order chi connectivity index (χ1) is 8.99. The first kappa shape index (κ1) is 15.5. The van der Waals surface area contributed by atoms with E-state index >= 15 is 0 Å². The van der Waals surface area contributed by atoms with Gasteiger partial charge in [-0.2, -0.15) is 0 Å². The lowest BCUT2D eigenvalue weighted by molar-refractivity contribution is 0.153. The number of amidine groups is 1. The van der Waals surface area contributed by atoms with Gasteiger partial charge in [-0.1, -0.05) is 16.8 Å². The van der Waals surface area contributed by atoms with Crippen LogP contribution in [0.5, 0.6) is 0 Å². The molecule has 1 aromatic carbocycles. The minimum Gasteiger partial charge on any atom is -0.409 e. The molecular formula is C11H14ClF2N3O2. The van der Waals surface area contributed by atoms with Crippen LogP contribution in [0.25, 0.3) is 0 Å². The fourth-order valence-corrected chi connectivity index (χ4v) is 1.80. The van der Waals surface area contributed by atoms with Crippen LogP contribution >= 0.6 is 11.6 Å². The van der Waals surface area contributed by atoms with Gasteiger partial charge in [-0.25, -0.2) is 8.78 Å². The molecule has 0 saturated carbocycles. The topological polar surface area (TPSA) is 82.1 Å². The molecule has 0 unspecified atom stereocenters. The van der Waals surface area contributed by atoms with Gasteiger partial charge in [0.1, 0.15) is 0 Å². The number of hydrogen-bond donors (Lipinski definition) is 3. The Morgan fingerprint density at radius 1 is 1.47 bits per heavy atom. The van der Waals surface area contributed by atoms with E-state index < -0.39 is 13.0 Å². The molecule has 5 nitrogen and oxygen atoms in total. The molecule has 0 radical (unpaired) electrons. The van der Waals surface area contributed by atoms with E-state index in [1.807, 2.05) is 0 Å². The number of halogens is 3. The molecular weight excluding hydrogens is 280 g/mol. The largest absolute Gasteiger partial charge is 0.409 e. The lowest BCUT2D eigenvalue weighted by Gasteiger charge is -2.25. The number of oxime groups is 1. The molecule has 0 saturated heterocycles. The number of benzene rings is 1. The molecule has 1 rings (SSSR count). The number of nitrogens with zero attached hydrogens (tertiary/aromatic N) is 2. The summed E-state index contributed by atoms with van der Waals surface area (Å²) in [5, 5.41) is 20.8. The zero-order valence-electron chi connectivity index (χ0n) is 9.93. The van der Waals surface area contributed by atoms with E-state index in [1.165, 1.54) is 23.1 Å². The predicted molar refractivity (Wildman–Crippen MR) is 69.3 cm³/mol. The van der Waals surface area contributed by atoms with Gasteiger partial charge in [-0.15, -0.1) is 0 Å². The predicted octanol–water partition coefficient (Wildman–Crippen LogP) is 1.50. The highest BCUT2D eigenvalue weighted by atomic mass is 35.5. The van der Waals surface area contributed by atoms with Gasteiger partial charge in [0.05, 0.1) is 13.2 Å². The van der Waals surface area contributed by atoms with Gasteiger partial charge in [-0.05, 0) is 18.2 Å². The summed E-state index contributed by atoms with van der Waals surface area (Å²) in [5.41, 5.74) is 6.03. The van der Waals surface area contributed by atoms with Crippen LogP contribution in [0.1, 0.15) is 5.56 Å². The first-order valence-corrected chi connectivity index (χ1v) is 5.78. The summed E-state index contributed by atoms with van der Waals surface area (Å²) < 4.78 is 25.1. The first-order valence-electron chi connectivity index (χ1n) is 5.41. The molecule has 0 aliphatic heterocycles. The summed E-state index contributed by atoms with van der Waals surface area (Å²) in [4.78, 5) is 1.23. The molecule has 0 amide bonds. The highest BCUT2D eigenvalue weighted by Gasteiger charge is 2.18. The molecule has 1 aromatic rings. The van der Waals surface area contributed by atoms with E-state index in [1.54, 1.807) is 0 Å². The normalized spacial score (nSPS) is 11.9. The fraction of sp³-hybridized carbons (Fsp3) is 0.364. The van der Waals surface area contributed by atoms with Crippen molar-refractivity contribution < 1.29 is 19.1 Å². The third-order valence-corrected chi connectivity index (χ3v) is 2.65. The van der Waals surface area contributed by atoms with Gasteiger partial charge in [0.2, 0.25) is 0 Å². The SMILES string of the molecule is N/C(=N/O)c1ccc(Cl)cc1N(CCO)CC(F)F. The van der Waals surface area contributed by atoms with Crippen molar-refractivity contribution in [2.24, 2.45) is 10.9 Å². The second-order valence-corrected chi connectivity index (χ2v) is 4.14.